The monoisotopic (exact) mass is 314 g/mol. The van der Waals surface area contributed by atoms with Crippen LogP contribution in [0.1, 0.15) is 13.3 Å². The number of thiophene rings is 1. The molecule has 0 radical (unpaired) electrons. The molecule has 1 rings (SSSR count). The molecule has 19 heavy (non-hydrogen) atoms. The Morgan fingerprint density at radius 2 is 2.11 bits per heavy atom. The summed E-state index contributed by atoms with van der Waals surface area (Å²) >= 11 is 0.933. The molecule has 1 aromatic rings. The fourth-order valence-electron chi connectivity index (χ4n) is 0.972. The summed E-state index contributed by atoms with van der Waals surface area (Å²) < 4.78 is 59.0. The Hall–Kier alpha value is -1.42. The lowest BCUT2D eigenvalue weighted by Crippen LogP contribution is -2.26. The maximum absolute atomic E-state index is 12.0. The van der Waals surface area contributed by atoms with Gasteiger partial charge in [-0.25, -0.2) is 0 Å². The summed E-state index contributed by atoms with van der Waals surface area (Å²) in [4.78, 5) is 12.4. The lowest BCUT2D eigenvalue weighted by molar-refractivity contribution is -0.169. The fraction of sp³-hybridized carbons (Fsp3) is 0.333. The number of hydrazone groups is 1. The maximum Gasteiger partial charge on any atom is 0.450 e. The number of ketones is 1. The van der Waals surface area contributed by atoms with Gasteiger partial charge in [0.25, 0.3) is 10.0 Å². The zero-order valence-corrected chi connectivity index (χ0v) is 11.2. The topological polar surface area (TPSA) is 75.6 Å². The van der Waals surface area contributed by atoms with Gasteiger partial charge in [-0.3, -0.25) is 4.79 Å². The van der Waals surface area contributed by atoms with E-state index >= 15 is 0 Å². The largest absolute Gasteiger partial charge is 0.450 e. The predicted molar refractivity (Wildman–Crippen MR) is 63.4 cm³/mol. The number of sulfonamides is 1. The first kappa shape index (κ1) is 15.6. The van der Waals surface area contributed by atoms with Crippen molar-refractivity contribution in [1.82, 2.24) is 4.83 Å². The van der Waals surface area contributed by atoms with Gasteiger partial charge in [-0.1, -0.05) is 6.07 Å². The summed E-state index contributed by atoms with van der Waals surface area (Å²) in [5.41, 5.74) is -0.276. The number of halogens is 3. The maximum atomic E-state index is 12.0. The van der Waals surface area contributed by atoms with Crippen molar-refractivity contribution >= 4 is 32.9 Å². The molecule has 0 saturated heterocycles. The van der Waals surface area contributed by atoms with E-state index in [2.05, 4.69) is 5.10 Å². The number of hydrogen-bond donors (Lipinski definition) is 1. The van der Waals surface area contributed by atoms with E-state index in [0.29, 0.717) is 0 Å². The third kappa shape index (κ3) is 4.63. The van der Waals surface area contributed by atoms with Gasteiger partial charge in [-0.15, -0.1) is 11.3 Å². The van der Waals surface area contributed by atoms with E-state index in [1.807, 2.05) is 0 Å². The number of Topliss-reactive ketones (excluding diaryl/α,β-unsaturated/α-hetero) is 1. The Balaban J connectivity index is 2.70. The van der Waals surface area contributed by atoms with Gasteiger partial charge in [-0.2, -0.15) is 31.5 Å². The predicted octanol–water partition coefficient (Wildman–Crippen LogP) is 1.92. The molecule has 0 unspecified atom stereocenters. The highest BCUT2D eigenvalue weighted by atomic mass is 32.2. The van der Waals surface area contributed by atoms with E-state index in [0.717, 1.165) is 18.3 Å². The minimum atomic E-state index is -4.95. The molecule has 0 aromatic carbocycles. The molecule has 0 aliphatic heterocycles. The van der Waals surface area contributed by atoms with Crippen molar-refractivity contribution in [2.75, 3.05) is 0 Å². The van der Waals surface area contributed by atoms with Crippen molar-refractivity contribution in [3.05, 3.63) is 17.5 Å². The van der Waals surface area contributed by atoms with Crippen LogP contribution in [0.5, 0.6) is 0 Å². The lowest BCUT2D eigenvalue weighted by Gasteiger charge is -2.05. The summed E-state index contributed by atoms with van der Waals surface area (Å²) in [5, 5.41) is 4.80. The van der Waals surface area contributed by atoms with Crippen LogP contribution in [-0.2, 0) is 14.8 Å². The Morgan fingerprint density at radius 3 is 2.58 bits per heavy atom. The summed E-state index contributed by atoms with van der Waals surface area (Å²) in [6.07, 6.45) is -5.94. The van der Waals surface area contributed by atoms with Crippen LogP contribution in [-0.4, -0.2) is 26.1 Å². The van der Waals surface area contributed by atoms with Crippen LogP contribution >= 0.6 is 11.3 Å². The number of carbonyl (C=O) groups excluding carboxylic acids is 1. The van der Waals surface area contributed by atoms with Crippen molar-refractivity contribution in [1.29, 1.82) is 0 Å². The number of alkyl halides is 3. The zero-order chi connectivity index (χ0) is 14.7. The van der Waals surface area contributed by atoms with Gasteiger partial charge in [0.05, 0.1) is 6.42 Å². The third-order valence-corrected chi connectivity index (χ3v) is 4.46. The molecule has 5 nitrogen and oxygen atoms in total. The van der Waals surface area contributed by atoms with Crippen LogP contribution < -0.4 is 4.83 Å². The molecular formula is C9H9F3N2O3S2. The summed E-state index contributed by atoms with van der Waals surface area (Å²) in [6.45, 7) is 1.13. The second kappa shape index (κ2) is 5.70. The second-order valence-corrected chi connectivity index (χ2v) is 6.31. The lowest BCUT2D eigenvalue weighted by atomic mass is 10.2. The van der Waals surface area contributed by atoms with Gasteiger partial charge in [0.2, 0.25) is 5.78 Å². The molecule has 0 aliphatic carbocycles. The quantitative estimate of drug-likeness (QED) is 0.666. The summed E-state index contributed by atoms with van der Waals surface area (Å²) in [5.74, 6) is -1.98. The first-order chi connectivity index (χ1) is 8.63. The molecule has 0 fully saturated rings. The van der Waals surface area contributed by atoms with Crippen LogP contribution in [0.4, 0.5) is 13.2 Å². The molecule has 0 amide bonds. The number of hydrogen-bond acceptors (Lipinski definition) is 5. The van der Waals surface area contributed by atoms with Crippen molar-refractivity contribution in [2.24, 2.45) is 5.10 Å². The Kier molecular flexibility index (Phi) is 4.69. The fourth-order valence-corrected chi connectivity index (χ4v) is 2.83. The SMILES string of the molecule is C/C(CC(=O)C(F)(F)F)=N\NS(=O)(=O)c1cccs1. The first-order valence-electron chi connectivity index (χ1n) is 4.81. The zero-order valence-electron chi connectivity index (χ0n) is 9.56. The molecule has 0 saturated carbocycles. The van der Waals surface area contributed by atoms with Gasteiger partial charge in [0, 0.05) is 5.71 Å². The van der Waals surface area contributed by atoms with E-state index in [4.69, 9.17) is 0 Å². The molecular weight excluding hydrogens is 305 g/mol. The normalized spacial score (nSPS) is 13.4. The Bertz CT molecular complexity index is 576. The van der Waals surface area contributed by atoms with Gasteiger partial charge in [0.1, 0.15) is 4.21 Å². The molecule has 1 heterocycles. The molecule has 10 heteroatoms. The van der Waals surface area contributed by atoms with E-state index in [1.54, 1.807) is 4.83 Å². The van der Waals surface area contributed by atoms with Gasteiger partial charge < -0.3 is 0 Å². The van der Waals surface area contributed by atoms with E-state index < -0.39 is 28.4 Å². The van der Waals surface area contributed by atoms with Crippen LogP contribution in [0, 0.1) is 0 Å². The van der Waals surface area contributed by atoms with Crippen LogP contribution in [0.15, 0.2) is 26.8 Å². The molecule has 1 aromatic heterocycles. The van der Waals surface area contributed by atoms with E-state index in [-0.39, 0.29) is 9.92 Å². The van der Waals surface area contributed by atoms with Crippen LogP contribution in [0.3, 0.4) is 0 Å². The van der Waals surface area contributed by atoms with Crippen molar-refractivity contribution < 1.29 is 26.4 Å². The van der Waals surface area contributed by atoms with E-state index in [9.17, 15) is 26.4 Å². The average molecular weight is 314 g/mol. The molecule has 1 N–H and O–H groups in total. The summed E-state index contributed by atoms with van der Waals surface area (Å²) in [7, 11) is -3.89. The van der Waals surface area contributed by atoms with E-state index in [1.165, 1.54) is 17.5 Å². The second-order valence-electron chi connectivity index (χ2n) is 3.47. The minimum absolute atomic E-state index is 0.0220. The number of nitrogens with zero attached hydrogens (tertiary/aromatic N) is 1. The van der Waals surface area contributed by atoms with Gasteiger partial charge in [-0.05, 0) is 18.4 Å². The number of nitrogens with one attached hydrogen (secondary N) is 1. The van der Waals surface area contributed by atoms with Crippen molar-refractivity contribution in [3.8, 4) is 0 Å². The highest BCUT2D eigenvalue weighted by molar-refractivity contribution is 7.91. The smallest absolute Gasteiger partial charge is 0.289 e. The van der Waals surface area contributed by atoms with Crippen LogP contribution in [0.2, 0.25) is 0 Å². The number of rotatable bonds is 5. The number of carbonyl (C=O) groups is 1. The Labute approximate surface area is 111 Å². The van der Waals surface area contributed by atoms with Gasteiger partial charge in [0.15, 0.2) is 0 Å². The molecule has 0 atom stereocenters. The molecule has 0 spiro atoms. The highest BCUT2D eigenvalue weighted by Crippen LogP contribution is 2.18. The molecule has 0 bridgehead atoms. The first-order valence-corrected chi connectivity index (χ1v) is 7.17. The standard InChI is InChI=1S/C9H9F3N2O3S2/c1-6(5-7(15)9(10,11)12)13-14-19(16,17)8-3-2-4-18-8/h2-4,14H,5H2,1H3/b13-6+. The van der Waals surface area contributed by atoms with Crippen LogP contribution in [0.25, 0.3) is 0 Å². The minimum Gasteiger partial charge on any atom is -0.289 e. The van der Waals surface area contributed by atoms with Crippen molar-refractivity contribution in [3.63, 3.8) is 0 Å². The highest BCUT2D eigenvalue weighted by Gasteiger charge is 2.38. The third-order valence-electron chi connectivity index (χ3n) is 1.85. The molecule has 106 valence electrons. The van der Waals surface area contributed by atoms with Crippen molar-refractivity contribution in [2.45, 2.75) is 23.7 Å². The molecule has 0 aliphatic rings. The Morgan fingerprint density at radius 1 is 1.47 bits per heavy atom. The average Bonchev–Trinajstić information content (AvgIpc) is 2.79. The van der Waals surface area contributed by atoms with Gasteiger partial charge >= 0.3 is 6.18 Å². The summed E-state index contributed by atoms with van der Waals surface area (Å²) in [6, 6.07) is 2.82.